The minimum atomic E-state index is -0.0494. The Balaban J connectivity index is 2.55. The second-order valence-corrected chi connectivity index (χ2v) is 1.87. The molecule has 0 aromatic rings. The Bertz CT molecular complexity index is 132. The summed E-state index contributed by atoms with van der Waals surface area (Å²) in [6, 6.07) is 0. The molecule has 0 aromatic carbocycles. The van der Waals surface area contributed by atoms with Crippen LogP contribution >= 0.6 is 0 Å². The Labute approximate surface area is 49.4 Å². The van der Waals surface area contributed by atoms with Crippen LogP contribution in [0.2, 0.25) is 5.82 Å². The van der Waals surface area contributed by atoms with Gasteiger partial charge < -0.3 is 0 Å². The zero-order chi connectivity index (χ0) is 5.98. The lowest BCUT2D eigenvalue weighted by atomic mass is 9.83. The highest BCUT2D eigenvalue weighted by atomic mass is 16.1. The predicted octanol–water partition coefficient (Wildman–Crippen LogP) is 0.335. The second-order valence-electron chi connectivity index (χ2n) is 1.87. The van der Waals surface area contributed by atoms with Crippen LogP contribution in [0.5, 0.6) is 0 Å². The maximum absolute atomic E-state index is 10.4. The van der Waals surface area contributed by atoms with Crippen molar-refractivity contribution in [1.29, 1.82) is 0 Å². The van der Waals surface area contributed by atoms with Crippen molar-refractivity contribution in [2.45, 2.75) is 18.7 Å². The number of carbonyl (C=O) groups is 1. The first kappa shape index (κ1) is 5.54. The third-order valence-electron chi connectivity index (χ3n) is 1.10. The van der Waals surface area contributed by atoms with Crippen LogP contribution in [0.15, 0.2) is 4.99 Å². The van der Waals surface area contributed by atoms with Gasteiger partial charge in [-0.3, -0.25) is 4.79 Å². The third-order valence-corrected chi connectivity index (χ3v) is 1.10. The van der Waals surface area contributed by atoms with E-state index in [1.165, 1.54) is 6.21 Å². The summed E-state index contributed by atoms with van der Waals surface area (Å²) < 4.78 is 0. The molecule has 0 saturated heterocycles. The van der Waals surface area contributed by atoms with Crippen LogP contribution < -0.4 is 0 Å². The summed E-state index contributed by atoms with van der Waals surface area (Å²) in [4.78, 5) is 13.9. The molecule has 1 aliphatic rings. The highest BCUT2D eigenvalue weighted by Crippen LogP contribution is 2.10. The van der Waals surface area contributed by atoms with E-state index < -0.39 is 0 Å². The van der Waals surface area contributed by atoms with Gasteiger partial charge in [-0.25, -0.2) is 4.99 Å². The molecule has 2 radical (unpaired) electrons. The van der Waals surface area contributed by atoms with Crippen LogP contribution in [-0.4, -0.2) is 20.0 Å². The SMILES string of the molecule is [B]C1C=NC(=O)CC1. The van der Waals surface area contributed by atoms with Crippen LogP contribution in [0.1, 0.15) is 12.8 Å². The Morgan fingerprint density at radius 2 is 2.62 bits per heavy atom. The lowest BCUT2D eigenvalue weighted by Crippen LogP contribution is -2.06. The van der Waals surface area contributed by atoms with Crippen LogP contribution in [0.3, 0.4) is 0 Å². The Morgan fingerprint density at radius 1 is 1.88 bits per heavy atom. The number of nitrogens with zero attached hydrogens (tertiary/aromatic N) is 1. The third kappa shape index (κ3) is 1.19. The number of hydrogen-bond acceptors (Lipinski definition) is 1. The average Bonchev–Trinajstić information content (AvgIpc) is 1.77. The van der Waals surface area contributed by atoms with Crippen LogP contribution in [-0.2, 0) is 4.79 Å². The van der Waals surface area contributed by atoms with Gasteiger partial charge in [-0.15, -0.1) is 0 Å². The lowest BCUT2D eigenvalue weighted by Gasteiger charge is -2.06. The zero-order valence-electron chi connectivity index (χ0n) is 4.50. The number of carbonyl (C=O) groups excluding carboxylic acids is 1. The van der Waals surface area contributed by atoms with E-state index in [0.717, 1.165) is 6.42 Å². The van der Waals surface area contributed by atoms with Crippen molar-refractivity contribution in [1.82, 2.24) is 0 Å². The minimum absolute atomic E-state index is 0.00713. The van der Waals surface area contributed by atoms with Gasteiger partial charge in [0.25, 0.3) is 0 Å². The van der Waals surface area contributed by atoms with Gasteiger partial charge in [-0.1, -0.05) is 0 Å². The van der Waals surface area contributed by atoms with Gasteiger partial charge in [0.05, 0.1) is 7.85 Å². The molecular formula is C5H6BNO. The van der Waals surface area contributed by atoms with E-state index in [1.54, 1.807) is 0 Å². The Morgan fingerprint density at radius 3 is 3.00 bits per heavy atom. The summed E-state index contributed by atoms with van der Waals surface area (Å²) in [5.41, 5.74) is 0. The van der Waals surface area contributed by atoms with E-state index in [4.69, 9.17) is 7.85 Å². The molecule has 0 saturated carbocycles. The number of rotatable bonds is 0. The highest BCUT2D eigenvalue weighted by Gasteiger charge is 2.07. The molecule has 8 heavy (non-hydrogen) atoms. The number of hydrogen-bond donors (Lipinski definition) is 0. The zero-order valence-corrected chi connectivity index (χ0v) is 4.50. The molecule has 0 N–H and O–H groups in total. The van der Waals surface area contributed by atoms with Gasteiger partial charge in [-0.05, 0) is 12.2 Å². The molecule has 1 rings (SSSR count). The molecule has 0 fully saturated rings. The summed E-state index contributed by atoms with van der Waals surface area (Å²) in [7, 11) is 5.40. The van der Waals surface area contributed by atoms with E-state index in [-0.39, 0.29) is 11.7 Å². The molecule has 0 bridgehead atoms. The van der Waals surface area contributed by atoms with E-state index in [9.17, 15) is 4.79 Å². The molecule has 0 spiro atoms. The minimum Gasteiger partial charge on any atom is -0.273 e. The summed E-state index contributed by atoms with van der Waals surface area (Å²) in [6.07, 6.45) is 2.77. The van der Waals surface area contributed by atoms with Crippen molar-refractivity contribution in [2.75, 3.05) is 0 Å². The predicted molar refractivity (Wildman–Crippen MR) is 32.2 cm³/mol. The van der Waals surface area contributed by atoms with Crippen LogP contribution in [0.4, 0.5) is 0 Å². The maximum Gasteiger partial charge on any atom is 0.245 e. The van der Waals surface area contributed by atoms with Gasteiger partial charge in [0.1, 0.15) is 0 Å². The van der Waals surface area contributed by atoms with E-state index in [0.29, 0.717) is 6.42 Å². The van der Waals surface area contributed by atoms with E-state index in [1.807, 2.05) is 0 Å². The first-order chi connectivity index (χ1) is 3.79. The monoisotopic (exact) mass is 107 g/mol. The highest BCUT2D eigenvalue weighted by molar-refractivity contribution is 6.21. The first-order valence-electron chi connectivity index (χ1n) is 2.61. The molecule has 1 heterocycles. The normalized spacial score (nSPS) is 28.5. The van der Waals surface area contributed by atoms with Gasteiger partial charge in [0.2, 0.25) is 5.91 Å². The van der Waals surface area contributed by atoms with Crippen molar-refractivity contribution >= 4 is 20.0 Å². The Kier molecular flexibility index (Phi) is 1.46. The molecule has 1 aliphatic heterocycles. The number of aliphatic imine (C=N–C) groups is 1. The molecule has 40 valence electrons. The summed E-state index contributed by atoms with van der Waals surface area (Å²) in [6.45, 7) is 0. The molecule has 1 atom stereocenters. The summed E-state index contributed by atoms with van der Waals surface area (Å²) in [5, 5.41) is 0. The Hall–Kier alpha value is -0.595. The lowest BCUT2D eigenvalue weighted by molar-refractivity contribution is -0.118. The average molecular weight is 107 g/mol. The fourth-order valence-electron chi connectivity index (χ4n) is 0.608. The summed E-state index contributed by atoms with van der Waals surface area (Å²) >= 11 is 0. The molecule has 0 aromatic heterocycles. The van der Waals surface area contributed by atoms with Gasteiger partial charge >= 0.3 is 0 Å². The second kappa shape index (κ2) is 2.12. The first-order valence-corrected chi connectivity index (χ1v) is 2.61. The van der Waals surface area contributed by atoms with Crippen molar-refractivity contribution < 1.29 is 4.79 Å². The van der Waals surface area contributed by atoms with E-state index >= 15 is 0 Å². The van der Waals surface area contributed by atoms with Crippen LogP contribution in [0.25, 0.3) is 0 Å². The largest absolute Gasteiger partial charge is 0.273 e. The maximum atomic E-state index is 10.4. The van der Waals surface area contributed by atoms with Crippen molar-refractivity contribution in [3.05, 3.63) is 0 Å². The summed E-state index contributed by atoms with van der Waals surface area (Å²) in [5.74, 6) is -0.0422. The van der Waals surface area contributed by atoms with E-state index in [2.05, 4.69) is 4.99 Å². The molecular weight excluding hydrogens is 101 g/mol. The smallest absolute Gasteiger partial charge is 0.245 e. The quantitative estimate of drug-likeness (QED) is 0.410. The van der Waals surface area contributed by atoms with Crippen molar-refractivity contribution in [2.24, 2.45) is 4.99 Å². The number of amides is 1. The molecule has 1 unspecified atom stereocenters. The van der Waals surface area contributed by atoms with Gasteiger partial charge in [0, 0.05) is 12.6 Å². The molecule has 1 amide bonds. The van der Waals surface area contributed by atoms with Gasteiger partial charge in [0.15, 0.2) is 0 Å². The standard InChI is InChI=1S/C5H6BNO/c6-4-1-2-5(8)7-3-4/h3-4H,1-2H2. The van der Waals surface area contributed by atoms with Crippen molar-refractivity contribution in [3.8, 4) is 0 Å². The van der Waals surface area contributed by atoms with Gasteiger partial charge in [-0.2, -0.15) is 0 Å². The van der Waals surface area contributed by atoms with Crippen molar-refractivity contribution in [3.63, 3.8) is 0 Å². The van der Waals surface area contributed by atoms with Crippen LogP contribution in [0, 0.1) is 0 Å². The molecule has 2 nitrogen and oxygen atoms in total. The molecule has 0 aliphatic carbocycles. The molecule has 3 heteroatoms. The fraction of sp³-hybridized carbons (Fsp3) is 0.600. The fourth-order valence-corrected chi connectivity index (χ4v) is 0.608. The topological polar surface area (TPSA) is 29.4 Å².